The second kappa shape index (κ2) is 9.74. The number of pyridine rings is 1. The van der Waals surface area contributed by atoms with Crippen LogP contribution in [0.5, 0.6) is 0 Å². The van der Waals surface area contributed by atoms with E-state index in [1.807, 2.05) is 38.3 Å². The number of hydrogen-bond donors (Lipinski definition) is 2. The van der Waals surface area contributed by atoms with Gasteiger partial charge in [0.1, 0.15) is 5.69 Å². The van der Waals surface area contributed by atoms with Crippen molar-refractivity contribution in [3.05, 3.63) is 51.9 Å². The van der Waals surface area contributed by atoms with E-state index in [-0.39, 0.29) is 5.91 Å². The predicted octanol–water partition coefficient (Wildman–Crippen LogP) is 3.67. The first kappa shape index (κ1) is 22.3. The van der Waals surface area contributed by atoms with Crippen LogP contribution in [0.25, 0.3) is 5.82 Å². The molecule has 0 radical (unpaired) electrons. The second-order valence-electron chi connectivity index (χ2n) is 7.84. The Labute approximate surface area is 197 Å². The minimum atomic E-state index is -0.242. The lowest BCUT2D eigenvalue weighted by molar-refractivity contribution is 0.102. The smallest absolute Gasteiger partial charge is 0.275 e. The largest absolute Gasteiger partial charge is 0.363 e. The van der Waals surface area contributed by atoms with Crippen LogP contribution in [-0.4, -0.2) is 55.3 Å². The van der Waals surface area contributed by atoms with Crippen molar-refractivity contribution in [1.82, 2.24) is 30.0 Å². The molecule has 0 aromatic carbocycles. The van der Waals surface area contributed by atoms with Crippen LogP contribution in [0.4, 0.5) is 5.69 Å². The van der Waals surface area contributed by atoms with Gasteiger partial charge in [0.05, 0.1) is 16.4 Å². The minimum Gasteiger partial charge on any atom is -0.363 e. The molecule has 1 amide bonds. The van der Waals surface area contributed by atoms with Crippen LogP contribution < -0.4 is 10.6 Å². The summed E-state index contributed by atoms with van der Waals surface area (Å²) in [4.78, 5) is 24.2. The lowest BCUT2D eigenvalue weighted by atomic mass is 9.98. The monoisotopic (exact) mass is 469 g/mol. The second-order valence-corrected chi connectivity index (χ2v) is 9.11. The van der Waals surface area contributed by atoms with Crippen LogP contribution in [0.1, 0.15) is 52.6 Å². The lowest BCUT2D eigenvalue weighted by Gasteiger charge is -2.33. The maximum absolute atomic E-state index is 12.9. The zero-order chi connectivity index (χ0) is 22.7. The van der Waals surface area contributed by atoms with Gasteiger partial charge in [-0.3, -0.25) is 4.79 Å². The normalized spacial score (nSPS) is 14.4. The highest BCUT2D eigenvalue weighted by Crippen LogP contribution is 2.30. The van der Waals surface area contributed by atoms with Gasteiger partial charge in [-0.05, 0) is 64.0 Å². The van der Waals surface area contributed by atoms with Crippen molar-refractivity contribution in [2.24, 2.45) is 0 Å². The molecule has 1 saturated heterocycles. The fraction of sp³-hybridized carbons (Fsp3) is 0.409. The highest BCUT2D eigenvalue weighted by atomic mass is 32.1. The SMILES string of the molecule is CCNC(=S)N1CCC(c2nc(C(=O)Nc3cccnc3-n3nc(C)cc3C)cs2)CC1. The van der Waals surface area contributed by atoms with E-state index in [1.54, 1.807) is 28.3 Å². The number of likely N-dealkylation sites (tertiary alicyclic amines) is 1. The van der Waals surface area contributed by atoms with Crippen molar-refractivity contribution in [3.63, 3.8) is 0 Å². The number of anilines is 1. The Morgan fingerprint density at radius 2 is 2.09 bits per heavy atom. The van der Waals surface area contributed by atoms with Crippen LogP contribution in [0.2, 0.25) is 0 Å². The topological polar surface area (TPSA) is 88.0 Å². The third-order valence-corrected chi connectivity index (χ3v) is 6.87. The first-order valence-corrected chi connectivity index (χ1v) is 12.0. The molecule has 0 aliphatic carbocycles. The zero-order valence-corrected chi connectivity index (χ0v) is 20.1. The van der Waals surface area contributed by atoms with Gasteiger partial charge in [-0.15, -0.1) is 11.3 Å². The van der Waals surface area contributed by atoms with Crippen molar-refractivity contribution < 1.29 is 4.79 Å². The molecule has 10 heteroatoms. The van der Waals surface area contributed by atoms with Gasteiger partial charge in [0.25, 0.3) is 5.91 Å². The number of hydrogen-bond acceptors (Lipinski definition) is 6. The molecule has 1 aliphatic rings. The van der Waals surface area contributed by atoms with E-state index >= 15 is 0 Å². The molecule has 4 heterocycles. The van der Waals surface area contributed by atoms with E-state index in [2.05, 4.69) is 30.6 Å². The minimum absolute atomic E-state index is 0.242. The third-order valence-electron chi connectivity index (χ3n) is 5.46. The number of carbonyl (C=O) groups excluding carboxylic acids is 1. The summed E-state index contributed by atoms with van der Waals surface area (Å²) in [6.45, 7) is 8.58. The third kappa shape index (κ3) is 4.81. The average Bonchev–Trinajstić information content (AvgIpc) is 3.41. The highest BCUT2D eigenvalue weighted by Gasteiger charge is 2.25. The number of nitrogens with zero attached hydrogens (tertiary/aromatic N) is 5. The molecule has 0 bridgehead atoms. The van der Waals surface area contributed by atoms with Gasteiger partial charge in [0.2, 0.25) is 0 Å². The summed E-state index contributed by atoms with van der Waals surface area (Å²) in [5, 5.41) is 14.3. The quantitative estimate of drug-likeness (QED) is 0.551. The van der Waals surface area contributed by atoms with E-state index in [1.165, 1.54) is 0 Å². The van der Waals surface area contributed by atoms with E-state index in [9.17, 15) is 4.79 Å². The van der Waals surface area contributed by atoms with Gasteiger partial charge in [0.15, 0.2) is 10.9 Å². The van der Waals surface area contributed by atoms with Crippen molar-refractivity contribution >= 4 is 40.3 Å². The molecule has 4 rings (SSSR count). The number of carbonyl (C=O) groups is 1. The maximum Gasteiger partial charge on any atom is 0.275 e. The molecule has 8 nitrogen and oxygen atoms in total. The van der Waals surface area contributed by atoms with Crippen molar-refractivity contribution in [3.8, 4) is 5.82 Å². The number of nitrogens with one attached hydrogen (secondary N) is 2. The van der Waals surface area contributed by atoms with E-state index in [4.69, 9.17) is 12.2 Å². The molecule has 0 unspecified atom stereocenters. The molecule has 3 aromatic rings. The molecule has 1 fully saturated rings. The number of thiazole rings is 1. The first-order chi connectivity index (χ1) is 15.5. The van der Waals surface area contributed by atoms with Gasteiger partial charge in [0, 0.05) is 42.8 Å². The van der Waals surface area contributed by atoms with Crippen LogP contribution >= 0.6 is 23.6 Å². The zero-order valence-electron chi connectivity index (χ0n) is 18.5. The van der Waals surface area contributed by atoms with Gasteiger partial charge < -0.3 is 15.5 Å². The molecule has 0 spiro atoms. The summed E-state index contributed by atoms with van der Waals surface area (Å²) in [7, 11) is 0. The maximum atomic E-state index is 12.9. The first-order valence-electron chi connectivity index (χ1n) is 10.7. The Bertz CT molecular complexity index is 1120. The van der Waals surface area contributed by atoms with Gasteiger partial charge in [-0.25, -0.2) is 14.6 Å². The summed E-state index contributed by atoms with van der Waals surface area (Å²) < 4.78 is 1.74. The Hall–Kier alpha value is -2.85. The van der Waals surface area contributed by atoms with E-state index in [0.717, 1.165) is 54.0 Å². The molecular weight excluding hydrogens is 442 g/mol. The predicted molar refractivity (Wildman–Crippen MR) is 131 cm³/mol. The fourth-order valence-corrected chi connectivity index (χ4v) is 5.16. The molecule has 0 saturated carbocycles. The van der Waals surface area contributed by atoms with Gasteiger partial charge in [-0.1, -0.05) is 0 Å². The lowest BCUT2D eigenvalue weighted by Crippen LogP contribution is -2.43. The molecule has 2 N–H and O–H groups in total. The van der Waals surface area contributed by atoms with Crippen LogP contribution in [0.3, 0.4) is 0 Å². The number of thiocarbonyl (C=S) groups is 1. The molecular formula is C22H27N7OS2. The Morgan fingerprint density at radius 1 is 1.31 bits per heavy atom. The molecule has 0 atom stereocenters. The van der Waals surface area contributed by atoms with Crippen LogP contribution in [0, 0.1) is 13.8 Å². The summed E-state index contributed by atoms with van der Waals surface area (Å²) in [6, 6.07) is 5.60. The Kier molecular flexibility index (Phi) is 6.80. The highest BCUT2D eigenvalue weighted by molar-refractivity contribution is 7.80. The summed E-state index contributed by atoms with van der Waals surface area (Å²) in [6.07, 6.45) is 3.64. The van der Waals surface area contributed by atoms with Gasteiger partial charge >= 0.3 is 0 Å². The molecule has 32 heavy (non-hydrogen) atoms. The Balaban J connectivity index is 1.44. The number of aromatic nitrogens is 4. The van der Waals surface area contributed by atoms with E-state index < -0.39 is 0 Å². The molecule has 168 valence electrons. The number of piperidine rings is 1. The number of rotatable bonds is 5. The van der Waals surface area contributed by atoms with Crippen molar-refractivity contribution in [2.45, 2.75) is 39.5 Å². The summed E-state index contributed by atoms with van der Waals surface area (Å²) in [5.41, 5.74) is 2.88. The standard InChI is InChI=1S/C22H27N7OS2/c1-4-23-22(31)28-10-7-16(8-11-28)21-26-18(13-32-21)20(30)25-17-6-5-9-24-19(17)29-15(3)12-14(2)27-29/h5-6,9,12-13,16H,4,7-8,10-11H2,1-3H3,(H,23,31)(H,25,30). The number of aryl methyl sites for hydroxylation is 2. The summed E-state index contributed by atoms with van der Waals surface area (Å²) in [5.74, 6) is 0.700. The fourth-order valence-electron chi connectivity index (χ4n) is 3.86. The van der Waals surface area contributed by atoms with Crippen LogP contribution in [0.15, 0.2) is 29.8 Å². The average molecular weight is 470 g/mol. The summed E-state index contributed by atoms with van der Waals surface area (Å²) >= 11 is 6.97. The van der Waals surface area contributed by atoms with Crippen molar-refractivity contribution in [1.29, 1.82) is 0 Å². The molecule has 3 aromatic heterocycles. The van der Waals surface area contributed by atoms with Crippen molar-refractivity contribution in [2.75, 3.05) is 25.0 Å². The Morgan fingerprint density at radius 3 is 2.78 bits per heavy atom. The van der Waals surface area contributed by atoms with E-state index in [0.29, 0.717) is 23.1 Å². The molecule has 1 aliphatic heterocycles. The van der Waals surface area contributed by atoms with Crippen LogP contribution in [-0.2, 0) is 0 Å². The van der Waals surface area contributed by atoms with Gasteiger partial charge in [-0.2, -0.15) is 5.10 Å². The number of amides is 1.